The van der Waals surface area contributed by atoms with Crippen molar-refractivity contribution in [1.29, 1.82) is 0 Å². The normalized spacial score (nSPS) is 20.9. The SMILES string of the molecule is CC(CO)CN1OCCC1=O. The van der Waals surface area contributed by atoms with Crippen molar-refractivity contribution in [1.82, 2.24) is 5.06 Å². The summed E-state index contributed by atoms with van der Waals surface area (Å²) < 4.78 is 0. The van der Waals surface area contributed by atoms with Crippen LogP contribution in [0, 0.1) is 5.92 Å². The van der Waals surface area contributed by atoms with Crippen LogP contribution < -0.4 is 0 Å². The first-order valence-electron chi connectivity index (χ1n) is 3.78. The zero-order chi connectivity index (χ0) is 8.27. The molecule has 1 fully saturated rings. The van der Waals surface area contributed by atoms with E-state index in [2.05, 4.69) is 0 Å². The molecule has 1 unspecified atom stereocenters. The van der Waals surface area contributed by atoms with Crippen molar-refractivity contribution >= 4 is 5.91 Å². The van der Waals surface area contributed by atoms with Crippen LogP contribution in [-0.2, 0) is 9.63 Å². The number of amides is 1. The van der Waals surface area contributed by atoms with E-state index in [9.17, 15) is 4.79 Å². The van der Waals surface area contributed by atoms with Crippen LogP contribution in [0.15, 0.2) is 0 Å². The minimum atomic E-state index is 0.0188. The molecule has 0 saturated carbocycles. The smallest absolute Gasteiger partial charge is 0.248 e. The number of aliphatic hydroxyl groups is 1. The van der Waals surface area contributed by atoms with Crippen molar-refractivity contribution in [3.8, 4) is 0 Å². The van der Waals surface area contributed by atoms with E-state index in [-0.39, 0.29) is 18.4 Å². The van der Waals surface area contributed by atoms with E-state index in [1.165, 1.54) is 5.06 Å². The number of hydrogen-bond donors (Lipinski definition) is 1. The van der Waals surface area contributed by atoms with E-state index in [1.54, 1.807) is 0 Å². The van der Waals surface area contributed by atoms with Crippen LogP contribution in [0.5, 0.6) is 0 Å². The number of nitrogens with zero attached hydrogens (tertiary/aromatic N) is 1. The molecule has 1 heterocycles. The third kappa shape index (κ3) is 2.17. The van der Waals surface area contributed by atoms with Crippen LogP contribution >= 0.6 is 0 Å². The maximum atomic E-state index is 10.9. The Morgan fingerprint density at radius 2 is 2.55 bits per heavy atom. The zero-order valence-corrected chi connectivity index (χ0v) is 6.62. The quantitative estimate of drug-likeness (QED) is 0.619. The highest BCUT2D eigenvalue weighted by Crippen LogP contribution is 2.08. The zero-order valence-electron chi connectivity index (χ0n) is 6.62. The second-order valence-corrected chi connectivity index (χ2v) is 2.83. The van der Waals surface area contributed by atoms with Gasteiger partial charge in [-0.3, -0.25) is 9.63 Å². The largest absolute Gasteiger partial charge is 0.396 e. The van der Waals surface area contributed by atoms with Crippen molar-refractivity contribution in [2.45, 2.75) is 13.3 Å². The summed E-state index contributed by atoms with van der Waals surface area (Å²) in [6, 6.07) is 0. The number of aliphatic hydroxyl groups excluding tert-OH is 1. The van der Waals surface area contributed by atoms with Gasteiger partial charge in [-0.05, 0) is 5.92 Å². The van der Waals surface area contributed by atoms with E-state index >= 15 is 0 Å². The first-order chi connectivity index (χ1) is 5.24. The van der Waals surface area contributed by atoms with E-state index in [0.717, 1.165) is 0 Å². The lowest BCUT2D eigenvalue weighted by Gasteiger charge is -2.17. The predicted molar refractivity (Wildman–Crippen MR) is 38.5 cm³/mol. The number of hydrogen-bond acceptors (Lipinski definition) is 3. The lowest BCUT2D eigenvalue weighted by atomic mass is 10.2. The summed E-state index contributed by atoms with van der Waals surface area (Å²) in [6.07, 6.45) is 0.470. The van der Waals surface area contributed by atoms with Crippen LogP contribution in [0.25, 0.3) is 0 Å². The molecule has 0 spiro atoms. The Balaban J connectivity index is 2.30. The van der Waals surface area contributed by atoms with Gasteiger partial charge in [-0.15, -0.1) is 0 Å². The highest BCUT2D eigenvalue weighted by atomic mass is 16.7. The van der Waals surface area contributed by atoms with Gasteiger partial charge in [-0.2, -0.15) is 0 Å². The minimum Gasteiger partial charge on any atom is -0.396 e. The average Bonchev–Trinajstić information content (AvgIpc) is 2.37. The van der Waals surface area contributed by atoms with Crippen LogP contribution in [-0.4, -0.2) is 35.8 Å². The van der Waals surface area contributed by atoms with Gasteiger partial charge >= 0.3 is 0 Å². The summed E-state index contributed by atoms with van der Waals surface area (Å²) in [5.41, 5.74) is 0. The Hall–Kier alpha value is -0.610. The Morgan fingerprint density at radius 1 is 1.82 bits per heavy atom. The van der Waals surface area contributed by atoms with Crippen molar-refractivity contribution in [2.75, 3.05) is 19.8 Å². The predicted octanol–water partition coefficient (Wildman–Crippen LogP) is -0.221. The third-order valence-electron chi connectivity index (χ3n) is 1.63. The molecule has 0 aromatic heterocycles. The fourth-order valence-corrected chi connectivity index (χ4v) is 0.935. The molecule has 0 radical (unpaired) electrons. The van der Waals surface area contributed by atoms with Gasteiger partial charge in [0.15, 0.2) is 0 Å². The Labute approximate surface area is 65.7 Å². The Morgan fingerprint density at radius 3 is 3.00 bits per heavy atom. The van der Waals surface area contributed by atoms with Gasteiger partial charge in [-0.25, -0.2) is 5.06 Å². The van der Waals surface area contributed by atoms with Gasteiger partial charge in [0.25, 0.3) is 0 Å². The Bertz CT molecular complexity index is 149. The van der Waals surface area contributed by atoms with Gasteiger partial charge < -0.3 is 5.11 Å². The summed E-state index contributed by atoms with van der Waals surface area (Å²) in [7, 11) is 0. The Kier molecular flexibility index (Phi) is 2.84. The standard InChI is InChI=1S/C7H13NO3/c1-6(5-9)4-8-7(10)2-3-11-8/h6,9H,2-5H2,1H3. The fraction of sp³-hybridized carbons (Fsp3) is 0.857. The topological polar surface area (TPSA) is 49.8 Å². The molecule has 0 aromatic carbocycles. The van der Waals surface area contributed by atoms with Gasteiger partial charge in [0, 0.05) is 6.61 Å². The average molecular weight is 159 g/mol. The molecule has 1 saturated heterocycles. The number of rotatable bonds is 3. The van der Waals surface area contributed by atoms with E-state index in [1.807, 2.05) is 6.92 Å². The number of carbonyl (C=O) groups excluding carboxylic acids is 1. The van der Waals surface area contributed by atoms with E-state index in [4.69, 9.17) is 9.94 Å². The highest BCUT2D eigenvalue weighted by Gasteiger charge is 2.22. The van der Waals surface area contributed by atoms with Crippen molar-refractivity contribution < 1.29 is 14.7 Å². The van der Waals surface area contributed by atoms with E-state index in [0.29, 0.717) is 19.6 Å². The molecule has 64 valence electrons. The van der Waals surface area contributed by atoms with Crippen LogP contribution in [0.3, 0.4) is 0 Å². The fourth-order valence-electron chi connectivity index (χ4n) is 0.935. The molecule has 0 bridgehead atoms. The monoisotopic (exact) mass is 159 g/mol. The summed E-state index contributed by atoms with van der Waals surface area (Å²) in [5.74, 6) is 0.113. The number of hydroxylamine groups is 2. The van der Waals surface area contributed by atoms with Crippen molar-refractivity contribution in [3.05, 3.63) is 0 Å². The second-order valence-electron chi connectivity index (χ2n) is 2.83. The molecule has 11 heavy (non-hydrogen) atoms. The lowest BCUT2D eigenvalue weighted by molar-refractivity contribution is -0.164. The molecule has 1 atom stereocenters. The maximum Gasteiger partial charge on any atom is 0.248 e. The van der Waals surface area contributed by atoms with Crippen LogP contribution in [0.2, 0.25) is 0 Å². The third-order valence-corrected chi connectivity index (χ3v) is 1.63. The van der Waals surface area contributed by atoms with Crippen molar-refractivity contribution in [3.63, 3.8) is 0 Å². The lowest BCUT2D eigenvalue weighted by Crippen LogP contribution is -2.29. The molecule has 1 N–H and O–H groups in total. The van der Waals surface area contributed by atoms with Crippen LogP contribution in [0.1, 0.15) is 13.3 Å². The van der Waals surface area contributed by atoms with Crippen molar-refractivity contribution in [2.24, 2.45) is 5.92 Å². The molecule has 1 amide bonds. The summed E-state index contributed by atoms with van der Waals surface area (Å²) in [6.45, 7) is 2.94. The molecule has 4 heteroatoms. The van der Waals surface area contributed by atoms with Gasteiger partial charge in [0.2, 0.25) is 5.91 Å². The molecule has 1 aliphatic heterocycles. The van der Waals surface area contributed by atoms with Gasteiger partial charge in [0.1, 0.15) is 0 Å². The molecule has 4 nitrogen and oxygen atoms in total. The molecular weight excluding hydrogens is 146 g/mol. The van der Waals surface area contributed by atoms with E-state index < -0.39 is 0 Å². The minimum absolute atomic E-state index is 0.0188. The molecule has 0 aromatic rings. The molecule has 1 aliphatic rings. The van der Waals surface area contributed by atoms with Crippen LogP contribution in [0.4, 0.5) is 0 Å². The summed E-state index contributed by atoms with van der Waals surface area (Å²) in [5, 5.41) is 10.0. The molecular formula is C7H13NO3. The summed E-state index contributed by atoms with van der Waals surface area (Å²) >= 11 is 0. The second kappa shape index (κ2) is 3.69. The molecule has 1 rings (SSSR count). The summed E-state index contributed by atoms with van der Waals surface area (Å²) in [4.78, 5) is 16.0. The van der Waals surface area contributed by atoms with Gasteiger partial charge in [0.05, 0.1) is 19.6 Å². The van der Waals surface area contributed by atoms with Gasteiger partial charge in [-0.1, -0.05) is 6.92 Å². The highest BCUT2D eigenvalue weighted by molar-refractivity contribution is 5.76. The first kappa shape index (κ1) is 8.49. The first-order valence-corrected chi connectivity index (χ1v) is 3.78. The maximum absolute atomic E-state index is 10.9. The molecule has 0 aliphatic carbocycles. The number of carbonyl (C=O) groups is 1.